The highest BCUT2D eigenvalue weighted by atomic mass is 79.9. The summed E-state index contributed by atoms with van der Waals surface area (Å²) < 4.78 is 6.24. The highest BCUT2D eigenvalue weighted by Crippen LogP contribution is 2.41. The van der Waals surface area contributed by atoms with Crippen LogP contribution in [0.4, 0.5) is 4.79 Å². The van der Waals surface area contributed by atoms with E-state index in [4.69, 9.17) is 21.4 Å². The van der Waals surface area contributed by atoms with E-state index in [0.29, 0.717) is 22.0 Å². The first-order valence-electron chi connectivity index (χ1n) is 5.35. The first kappa shape index (κ1) is 13.4. The number of rotatable bonds is 4. The number of carboxylic acid groups (broad SMARTS) is 1. The maximum atomic E-state index is 10.9. The molecule has 0 aliphatic heterocycles. The van der Waals surface area contributed by atoms with E-state index in [0.717, 1.165) is 12.8 Å². The second kappa shape index (κ2) is 4.93. The highest BCUT2D eigenvalue weighted by Gasteiger charge is 2.49. The van der Waals surface area contributed by atoms with Gasteiger partial charge in [0.25, 0.3) is 0 Å². The summed E-state index contributed by atoms with van der Waals surface area (Å²) >= 11 is 9.03. The molecule has 0 radical (unpaired) electrons. The molecular formula is C11H12BrClN2O3. The second-order valence-electron chi connectivity index (χ2n) is 4.30. The number of carbonyl (C=O) groups is 1. The number of amides is 1. The molecule has 0 spiro atoms. The molecule has 5 nitrogen and oxygen atoms in total. The zero-order valence-electron chi connectivity index (χ0n) is 9.69. The molecule has 1 aliphatic carbocycles. The third-order valence-electron chi connectivity index (χ3n) is 3.10. The molecule has 2 rings (SSSR count). The van der Waals surface area contributed by atoms with Crippen molar-refractivity contribution in [1.29, 1.82) is 0 Å². The van der Waals surface area contributed by atoms with Crippen molar-refractivity contribution in [3.05, 3.63) is 21.9 Å². The SMILES string of the molecule is CN(C(=O)O)C1(COc2cnc(Cl)c(Br)c2)CC1. The molecule has 1 fully saturated rings. The van der Waals surface area contributed by atoms with Crippen molar-refractivity contribution in [2.24, 2.45) is 0 Å². The van der Waals surface area contributed by atoms with Crippen molar-refractivity contribution >= 4 is 33.6 Å². The Morgan fingerprint density at radius 3 is 2.89 bits per heavy atom. The Morgan fingerprint density at radius 1 is 1.72 bits per heavy atom. The lowest BCUT2D eigenvalue weighted by atomic mass is 10.2. The number of hydrogen-bond donors (Lipinski definition) is 1. The van der Waals surface area contributed by atoms with E-state index in [1.165, 1.54) is 11.1 Å². The minimum Gasteiger partial charge on any atom is -0.489 e. The summed E-state index contributed by atoms with van der Waals surface area (Å²) in [6, 6.07) is 1.71. The second-order valence-corrected chi connectivity index (χ2v) is 5.51. The molecule has 18 heavy (non-hydrogen) atoms. The number of pyridine rings is 1. The van der Waals surface area contributed by atoms with E-state index in [1.54, 1.807) is 13.1 Å². The molecule has 1 aliphatic rings. The molecule has 0 saturated heterocycles. The monoisotopic (exact) mass is 334 g/mol. The number of ether oxygens (including phenoxy) is 1. The zero-order chi connectivity index (χ0) is 13.3. The highest BCUT2D eigenvalue weighted by molar-refractivity contribution is 9.10. The topological polar surface area (TPSA) is 62.7 Å². The van der Waals surface area contributed by atoms with E-state index >= 15 is 0 Å². The van der Waals surface area contributed by atoms with Crippen LogP contribution in [0, 0.1) is 0 Å². The smallest absolute Gasteiger partial charge is 0.407 e. The summed E-state index contributed by atoms with van der Waals surface area (Å²) in [5.41, 5.74) is -0.391. The molecule has 7 heteroatoms. The lowest BCUT2D eigenvalue weighted by Crippen LogP contribution is -2.42. The van der Waals surface area contributed by atoms with Crippen LogP contribution in [0.3, 0.4) is 0 Å². The van der Waals surface area contributed by atoms with E-state index < -0.39 is 11.6 Å². The van der Waals surface area contributed by atoms with Crippen LogP contribution in [-0.4, -0.2) is 40.3 Å². The van der Waals surface area contributed by atoms with Gasteiger partial charge in [-0.25, -0.2) is 9.78 Å². The van der Waals surface area contributed by atoms with Gasteiger partial charge >= 0.3 is 6.09 Å². The van der Waals surface area contributed by atoms with Crippen molar-refractivity contribution in [1.82, 2.24) is 9.88 Å². The number of likely N-dealkylation sites (N-methyl/N-ethyl adjacent to an activating group) is 1. The Kier molecular flexibility index (Phi) is 3.68. The van der Waals surface area contributed by atoms with E-state index in [9.17, 15) is 4.79 Å². The van der Waals surface area contributed by atoms with E-state index in [1.807, 2.05) is 0 Å². The average molecular weight is 336 g/mol. The van der Waals surface area contributed by atoms with Gasteiger partial charge in [-0.2, -0.15) is 0 Å². The first-order chi connectivity index (χ1) is 8.44. The molecule has 1 aromatic heterocycles. The van der Waals surface area contributed by atoms with Crippen LogP contribution >= 0.6 is 27.5 Å². The summed E-state index contributed by atoms with van der Waals surface area (Å²) in [5, 5.41) is 9.34. The van der Waals surface area contributed by atoms with Crippen LogP contribution in [0.5, 0.6) is 5.75 Å². The predicted molar refractivity (Wildman–Crippen MR) is 70.2 cm³/mol. The molecule has 0 atom stereocenters. The van der Waals surface area contributed by atoms with Crippen molar-refractivity contribution in [2.75, 3.05) is 13.7 Å². The summed E-state index contributed by atoms with van der Waals surface area (Å²) in [4.78, 5) is 16.2. The minimum atomic E-state index is -0.938. The van der Waals surface area contributed by atoms with Gasteiger partial charge in [0.1, 0.15) is 17.5 Å². The van der Waals surface area contributed by atoms with Crippen molar-refractivity contribution in [3.63, 3.8) is 0 Å². The average Bonchev–Trinajstić information content (AvgIpc) is 3.11. The van der Waals surface area contributed by atoms with Crippen LogP contribution in [0.15, 0.2) is 16.7 Å². The molecule has 98 valence electrons. The third-order valence-corrected chi connectivity index (χ3v) is 4.24. The van der Waals surface area contributed by atoms with Gasteiger partial charge in [0.15, 0.2) is 0 Å². The zero-order valence-corrected chi connectivity index (χ0v) is 12.0. The summed E-state index contributed by atoms with van der Waals surface area (Å²) in [5.74, 6) is 0.566. The van der Waals surface area contributed by atoms with Crippen LogP contribution in [0.25, 0.3) is 0 Å². The molecule has 1 heterocycles. The maximum Gasteiger partial charge on any atom is 0.407 e. The van der Waals surface area contributed by atoms with Gasteiger partial charge in [-0.05, 0) is 34.8 Å². The molecule has 0 aromatic carbocycles. The van der Waals surface area contributed by atoms with Crippen molar-refractivity contribution in [2.45, 2.75) is 18.4 Å². The largest absolute Gasteiger partial charge is 0.489 e. The molecule has 1 aromatic rings. The van der Waals surface area contributed by atoms with Crippen LogP contribution < -0.4 is 4.74 Å². The molecule has 0 unspecified atom stereocenters. The molecule has 0 bridgehead atoms. The van der Waals surface area contributed by atoms with Gasteiger partial charge in [-0.3, -0.25) is 0 Å². The lowest BCUT2D eigenvalue weighted by Gasteiger charge is -2.25. The first-order valence-corrected chi connectivity index (χ1v) is 6.52. The lowest BCUT2D eigenvalue weighted by molar-refractivity contribution is 0.109. The fourth-order valence-corrected chi connectivity index (χ4v) is 2.06. The standard InChI is InChI=1S/C11H12BrClN2O3/c1-15(10(16)17)11(2-3-11)6-18-7-4-8(12)9(13)14-5-7/h4-5H,2-3,6H2,1H3,(H,16,17). The van der Waals surface area contributed by atoms with Gasteiger partial charge in [0.05, 0.1) is 16.2 Å². The Hall–Kier alpha value is -1.01. The van der Waals surface area contributed by atoms with Crippen LogP contribution in [0.2, 0.25) is 5.15 Å². The van der Waals surface area contributed by atoms with Crippen molar-refractivity contribution in [3.8, 4) is 5.75 Å². The molecule has 1 amide bonds. The van der Waals surface area contributed by atoms with E-state index in [-0.39, 0.29) is 0 Å². The van der Waals surface area contributed by atoms with E-state index in [2.05, 4.69) is 20.9 Å². The number of nitrogens with zero attached hydrogens (tertiary/aromatic N) is 2. The maximum absolute atomic E-state index is 10.9. The van der Waals surface area contributed by atoms with Crippen LogP contribution in [-0.2, 0) is 0 Å². The summed E-state index contributed by atoms with van der Waals surface area (Å²) in [6.07, 6.45) is 2.21. The number of hydrogen-bond acceptors (Lipinski definition) is 3. The van der Waals surface area contributed by atoms with Gasteiger partial charge in [-0.15, -0.1) is 0 Å². The molecule has 1 saturated carbocycles. The van der Waals surface area contributed by atoms with Crippen LogP contribution in [0.1, 0.15) is 12.8 Å². The Bertz CT molecular complexity index is 479. The third kappa shape index (κ3) is 2.70. The Labute approximate surface area is 118 Å². The van der Waals surface area contributed by atoms with Gasteiger partial charge in [-0.1, -0.05) is 11.6 Å². The fourth-order valence-electron chi connectivity index (χ4n) is 1.62. The Balaban J connectivity index is 1.99. The molecular weight excluding hydrogens is 323 g/mol. The van der Waals surface area contributed by atoms with Gasteiger partial charge in [0.2, 0.25) is 0 Å². The van der Waals surface area contributed by atoms with Crippen molar-refractivity contribution < 1.29 is 14.6 Å². The number of aromatic nitrogens is 1. The summed E-state index contributed by atoms with van der Waals surface area (Å²) in [6.45, 7) is 0.325. The fraction of sp³-hybridized carbons (Fsp3) is 0.455. The van der Waals surface area contributed by atoms with Gasteiger partial charge in [0, 0.05) is 7.05 Å². The minimum absolute atomic E-state index is 0.325. The predicted octanol–water partition coefficient (Wildman–Crippen LogP) is 3.02. The normalized spacial score (nSPS) is 16.2. The number of halogens is 2. The summed E-state index contributed by atoms with van der Waals surface area (Å²) in [7, 11) is 1.56. The quantitative estimate of drug-likeness (QED) is 0.859. The Morgan fingerprint density at radius 2 is 2.39 bits per heavy atom. The van der Waals surface area contributed by atoms with Gasteiger partial charge < -0.3 is 14.7 Å². The molecule has 1 N–H and O–H groups in total.